The van der Waals surface area contributed by atoms with Crippen LogP contribution in [-0.4, -0.2) is 47.5 Å². The van der Waals surface area contributed by atoms with Crippen LogP contribution in [0.4, 0.5) is 4.79 Å². The van der Waals surface area contributed by atoms with Crippen LogP contribution in [0.3, 0.4) is 0 Å². The number of hydrogen-bond donors (Lipinski definition) is 3. The second kappa shape index (κ2) is 9.58. The number of nitrogens with zero attached hydrogens (tertiary/aromatic N) is 1. The molecule has 1 saturated heterocycles. The standard InChI is InChI=1S/C24H28N4O5/c1-2-33-21(30)20(18-12-8-10-16-9-4-5-11-17(16)18)25-15-19(29)27-28-22(31)24(26-23(28)32)13-6-3-7-14-24/h4-5,8-12,20,25H,2-3,6-7,13-15H2,1H3,(H,26,32)(H,27,29)/t20-/m1/s1. The first-order valence-corrected chi connectivity index (χ1v) is 11.3. The van der Waals surface area contributed by atoms with Crippen molar-refractivity contribution in [3.05, 3.63) is 48.0 Å². The van der Waals surface area contributed by atoms with E-state index in [-0.39, 0.29) is 13.2 Å². The summed E-state index contributed by atoms with van der Waals surface area (Å²) in [7, 11) is 0. The third-order valence-corrected chi connectivity index (χ3v) is 6.23. The number of carbonyl (C=O) groups is 4. The summed E-state index contributed by atoms with van der Waals surface area (Å²) in [5.74, 6) is -1.56. The molecule has 9 heteroatoms. The van der Waals surface area contributed by atoms with Gasteiger partial charge in [0, 0.05) is 0 Å². The number of imide groups is 1. The van der Waals surface area contributed by atoms with Crippen molar-refractivity contribution in [2.75, 3.05) is 13.2 Å². The van der Waals surface area contributed by atoms with Crippen LogP contribution in [0.15, 0.2) is 42.5 Å². The lowest BCUT2D eigenvalue weighted by molar-refractivity contribution is -0.146. The van der Waals surface area contributed by atoms with Crippen molar-refractivity contribution >= 4 is 34.6 Å². The Morgan fingerprint density at radius 1 is 1.09 bits per heavy atom. The van der Waals surface area contributed by atoms with Gasteiger partial charge in [0.2, 0.25) is 0 Å². The van der Waals surface area contributed by atoms with E-state index in [1.54, 1.807) is 13.0 Å². The van der Waals surface area contributed by atoms with Crippen LogP contribution in [-0.2, 0) is 19.1 Å². The smallest absolute Gasteiger partial charge is 0.344 e. The molecule has 2 aliphatic rings. The fraction of sp³-hybridized carbons (Fsp3) is 0.417. The Morgan fingerprint density at radius 2 is 1.82 bits per heavy atom. The van der Waals surface area contributed by atoms with Crippen LogP contribution in [0, 0.1) is 0 Å². The van der Waals surface area contributed by atoms with Crippen LogP contribution in [0.25, 0.3) is 10.8 Å². The summed E-state index contributed by atoms with van der Waals surface area (Å²) in [5, 5.41) is 8.25. The number of hydrazine groups is 1. The van der Waals surface area contributed by atoms with Crippen molar-refractivity contribution in [3.8, 4) is 0 Å². The van der Waals surface area contributed by atoms with Crippen LogP contribution in [0.2, 0.25) is 0 Å². The maximum absolute atomic E-state index is 12.9. The first-order valence-electron chi connectivity index (χ1n) is 11.3. The number of ether oxygens (including phenoxy) is 1. The maximum atomic E-state index is 12.9. The highest BCUT2D eigenvalue weighted by molar-refractivity contribution is 6.08. The molecule has 0 radical (unpaired) electrons. The second-order valence-corrected chi connectivity index (χ2v) is 8.38. The van der Waals surface area contributed by atoms with Crippen LogP contribution >= 0.6 is 0 Å². The van der Waals surface area contributed by atoms with Crippen molar-refractivity contribution < 1.29 is 23.9 Å². The summed E-state index contributed by atoms with van der Waals surface area (Å²) in [4.78, 5) is 50.6. The van der Waals surface area contributed by atoms with E-state index in [0.717, 1.165) is 35.0 Å². The molecule has 1 aliphatic carbocycles. The number of urea groups is 1. The minimum absolute atomic E-state index is 0.193. The van der Waals surface area contributed by atoms with E-state index >= 15 is 0 Å². The average molecular weight is 453 g/mol. The highest BCUT2D eigenvalue weighted by Crippen LogP contribution is 2.33. The summed E-state index contributed by atoms with van der Waals surface area (Å²) in [5.41, 5.74) is 2.14. The second-order valence-electron chi connectivity index (χ2n) is 8.38. The fourth-order valence-corrected chi connectivity index (χ4v) is 4.62. The van der Waals surface area contributed by atoms with Gasteiger partial charge in [0.05, 0.1) is 13.2 Å². The van der Waals surface area contributed by atoms with Gasteiger partial charge in [-0.25, -0.2) is 9.59 Å². The lowest BCUT2D eigenvalue weighted by Crippen LogP contribution is -2.52. The Kier molecular flexibility index (Phi) is 6.60. The van der Waals surface area contributed by atoms with E-state index in [0.29, 0.717) is 18.4 Å². The summed E-state index contributed by atoms with van der Waals surface area (Å²) in [6.07, 6.45) is 3.84. The van der Waals surface area contributed by atoms with Gasteiger partial charge in [-0.05, 0) is 36.1 Å². The number of carbonyl (C=O) groups excluding carboxylic acids is 4. The van der Waals surface area contributed by atoms with Gasteiger partial charge in [0.1, 0.15) is 11.6 Å². The molecule has 4 rings (SSSR count). The number of esters is 1. The molecule has 4 amide bonds. The van der Waals surface area contributed by atoms with Gasteiger partial charge >= 0.3 is 12.0 Å². The monoisotopic (exact) mass is 452 g/mol. The van der Waals surface area contributed by atoms with Gasteiger partial charge in [-0.2, -0.15) is 5.01 Å². The van der Waals surface area contributed by atoms with E-state index in [4.69, 9.17) is 4.74 Å². The van der Waals surface area contributed by atoms with E-state index < -0.39 is 35.4 Å². The molecular formula is C24H28N4O5. The first kappa shape index (κ1) is 22.7. The number of nitrogens with one attached hydrogen (secondary N) is 3. The van der Waals surface area contributed by atoms with Crippen molar-refractivity contribution in [1.29, 1.82) is 0 Å². The van der Waals surface area contributed by atoms with Gasteiger partial charge < -0.3 is 10.1 Å². The Balaban J connectivity index is 1.47. The topological polar surface area (TPSA) is 117 Å². The molecule has 174 valence electrons. The molecule has 2 aromatic carbocycles. The lowest BCUT2D eigenvalue weighted by Gasteiger charge is -2.30. The summed E-state index contributed by atoms with van der Waals surface area (Å²) in [6, 6.07) is 11.7. The minimum atomic E-state index is -0.924. The average Bonchev–Trinajstić information content (AvgIpc) is 3.03. The number of amides is 4. The summed E-state index contributed by atoms with van der Waals surface area (Å²) < 4.78 is 5.22. The van der Waals surface area contributed by atoms with Crippen molar-refractivity contribution in [2.45, 2.75) is 50.6 Å². The third kappa shape index (κ3) is 4.54. The molecule has 9 nitrogen and oxygen atoms in total. The van der Waals surface area contributed by atoms with Gasteiger partial charge in [-0.3, -0.25) is 20.3 Å². The molecule has 1 spiro atoms. The maximum Gasteiger partial charge on any atom is 0.344 e. The van der Waals surface area contributed by atoms with Crippen LogP contribution < -0.4 is 16.1 Å². The van der Waals surface area contributed by atoms with Gasteiger partial charge in [0.15, 0.2) is 0 Å². The molecule has 3 N–H and O–H groups in total. The largest absolute Gasteiger partial charge is 0.465 e. The van der Waals surface area contributed by atoms with E-state index in [9.17, 15) is 19.2 Å². The number of hydrogen-bond acceptors (Lipinski definition) is 6. The van der Waals surface area contributed by atoms with E-state index in [2.05, 4.69) is 16.1 Å². The van der Waals surface area contributed by atoms with Crippen molar-refractivity contribution in [1.82, 2.24) is 21.1 Å². The Morgan fingerprint density at radius 3 is 2.58 bits per heavy atom. The minimum Gasteiger partial charge on any atom is -0.465 e. The molecule has 0 aromatic heterocycles. The molecule has 1 aliphatic heterocycles. The Hall–Kier alpha value is -3.46. The van der Waals surface area contributed by atoms with Crippen LogP contribution in [0.5, 0.6) is 0 Å². The number of benzene rings is 2. The predicted molar refractivity (Wildman–Crippen MR) is 121 cm³/mol. The number of fused-ring (bicyclic) bond motifs is 1. The molecule has 2 aromatic rings. The van der Waals surface area contributed by atoms with Gasteiger partial charge in [0.25, 0.3) is 11.8 Å². The third-order valence-electron chi connectivity index (χ3n) is 6.23. The molecule has 2 fully saturated rings. The molecule has 0 unspecified atom stereocenters. The zero-order chi connectivity index (χ0) is 23.4. The fourth-order valence-electron chi connectivity index (χ4n) is 4.62. The highest BCUT2D eigenvalue weighted by atomic mass is 16.5. The summed E-state index contributed by atoms with van der Waals surface area (Å²) in [6.45, 7) is 1.61. The quantitative estimate of drug-likeness (QED) is 0.439. The molecule has 1 heterocycles. The Bertz CT molecular complexity index is 1070. The summed E-state index contributed by atoms with van der Waals surface area (Å²) >= 11 is 0. The van der Waals surface area contributed by atoms with E-state index in [1.165, 1.54) is 0 Å². The zero-order valence-electron chi connectivity index (χ0n) is 18.6. The Labute approximate surface area is 191 Å². The zero-order valence-corrected chi connectivity index (χ0v) is 18.6. The lowest BCUT2D eigenvalue weighted by atomic mass is 9.82. The van der Waals surface area contributed by atoms with Gasteiger partial charge in [-0.1, -0.05) is 61.7 Å². The molecule has 1 atom stereocenters. The molecular weight excluding hydrogens is 424 g/mol. The van der Waals surface area contributed by atoms with Crippen molar-refractivity contribution in [3.63, 3.8) is 0 Å². The molecule has 0 bridgehead atoms. The van der Waals surface area contributed by atoms with Gasteiger partial charge in [-0.15, -0.1) is 0 Å². The SMILES string of the molecule is CCOC(=O)[C@H](NCC(=O)NN1C(=O)NC2(CCCCC2)C1=O)c1cccc2ccccc12. The predicted octanol–water partition coefficient (Wildman–Crippen LogP) is 2.32. The highest BCUT2D eigenvalue weighted by Gasteiger charge is 2.52. The molecule has 33 heavy (non-hydrogen) atoms. The van der Waals surface area contributed by atoms with E-state index in [1.807, 2.05) is 36.4 Å². The van der Waals surface area contributed by atoms with Crippen molar-refractivity contribution in [2.24, 2.45) is 0 Å². The normalized spacial score (nSPS) is 18.3. The number of rotatable bonds is 7. The first-order chi connectivity index (χ1) is 15.9. The van der Waals surface area contributed by atoms with Crippen LogP contribution in [0.1, 0.15) is 50.6 Å². The molecule has 1 saturated carbocycles.